The second-order valence-electron chi connectivity index (χ2n) is 6.55. The molecule has 5 rings (SSSR count). The van der Waals surface area contributed by atoms with Crippen molar-refractivity contribution < 1.29 is 18.9 Å². The van der Waals surface area contributed by atoms with Crippen LogP contribution in [0.2, 0.25) is 0 Å². The second-order valence-corrected chi connectivity index (χ2v) is 6.55. The van der Waals surface area contributed by atoms with Gasteiger partial charge in [-0.3, -0.25) is 9.78 Å². The molecule has 0 saturated heterocycles. The van der Waals surface area contributed by atoms with Crippen molar-refractivity contribution in [1.29, 1.82) is 0 Å². The Labute approximate surface area is 160 Å². The lowest BCUT2D eigenvalue weighted by molar-refractivity contribution is 0.174. The lowest BCUT2D eigenvalue weighted by atomic mass is 10.0. The molecule has 0 radical (unpaired) electrons. The van der Waals surface area contributed by atoms with Gasteiger partial charge in [-0.25, -0.2) is 0 Å². The maximum Gasteiger partial charge on any atom is 0.259 e. The van der Waals surface area contributed by atoms with E-state index in [2.05, 4.69) is 4.98 Å². The number of pyridine rings is 2. The topological polar surface area (TPSA) is 71.8 Å². The maximum atomic E-state index is 13.3. The van der Waals surface area contributed by atoms with Crippen molar-refractivity contribution in [3.8, 4) is 23.0 Å². The molecule has 7 heteroatoms. The fourth-order valence-electron chi connectivity index (χ4n) is 3.88. The van der Waals surface area contributed by atoms with E-state index in [1.165, 1.54) is 0 Å². The van der Waals surface area contributed by atoms with Gasteiger partial charge in [-0.15, -0.1) is 0 Å². The van der Waals surface area contributed by atoms with Crippen LogP contribution in [0.1, 0.15) is 6.92 Å². The van der Waals surface area contributed by atoms with Gasteiger partial charge in [0.1, 0.15) is 0 Å². The van der Waals surface area contributed by atoms with Crippen molar-refractivity contribution in [2.45, 2.75) is 13.5 Å². The van der Waals surface area contributed by atoms with Crippen LogP contribution in [-0.2, 0) is 6.54 Å². The summed E-state index contributed by atoms with van der Waals surface area (Å²) in [6.45, 7) is 2.66. The van der Waals surface area contributed by atoms with E-state index in [9.17, 15) is 4.79 Å². The molecule has 4 aromatic rings. The smallest absolute Gasteiger partial charge is 0.259 e. The molecule has 0 aliphatic carbocycles. The number of aryl methyl sites for hydroxylation is 1. The molecule has 0 N–H and O–H groups in total. The average molecular weight is 378 g/mol. The number of hydrogen-bond donors (Lipinski definition) is 0. The first-order valence-corrected chi connectivity index (χ1v) is 8.96. The SMILES string of the molecule is CCn1c(=O)c2cc(OC)c(OC)cc2c2cnc3cc4c(cc3c21)OCO4. The van der Waals surface area contributed by atoms with Crippen LogP contribution in [0.4, 0.5) is 0 Å². The number of ether oxygens (including phenoxy) is 4. The number of hydrogen-bond acceptors (Lipinski definition) is 6. The van der Waals surface area contributed by atoms with Gasteiger partial charge in [-0.2, -0.15) is 0 Å². The van der Waals surface area contributed by atoms with Crippen molar-refractivity contribution in [2.75, 3.05) is 21.0 Å². The molecule has 0 saturated carbocycles. The monoisotopic (exact) mass is 378 g/mol. The van der Waals surface area contributed by atoms with E-state index in [-0.39, 0.29) is 12.4 Å². The minimum atomic E-state index is -0.0869. The second kappa shape index (κ2) is 6.02. The van der Waals surface area contributed by atoms with E-state index < -0.39 is 0 Å². The molecule has 142 valence electrons. The zero-order chi connectivity index (χ0) is 19.4. The number of aromatic nitrogens is 2. The van der Waals surface area contributed by atoms with Gasteiger partial charge in [-0.05, 0) is 25.1 Å². The normalized spacial score (nSPS) is 12.8. The Morgan fingerprint density at radius 2 is 1.64 bits per heavy atom. The molecule has 7 nitrogen and oxygen atoms in total. The van der Waals surface area contributed by atoms with Crippen LogP contribution >= 0.6 is 0 Å². The Balaban J connectivity index is 2.01. The maximum absolute atomic E-state index is 13.3. The third-order valence-electron chi connectivity index (χ3n) is 5.21. The largest absolute Gasteiger partial charge is 0.493 e. The molecular weight excluding hydrogens is 360 g/mol. The third kappa shape index (κ3) is 2.16. The molecule has 0 unspecified atom stereocenters. The summed E-state index contributed by atoms with van der Waals surface area (Å²) in [6, 6.07) is 7.30. The highest BCUT2D eigenvalue weighted by Crippen LogP contribution is 2.40. The fraction of sp³-hybridized carbons (Fsp3) is 0.238. The predicted molar refractivity (Wildman–Crippen MR) is 106 cm³/mol. The molecule has 0 atom stereocenters. The van der Waals surface area contributed by atoms with Gasteiger partial charge in [0.05, 0.1) is 30.6 Å². The molecule has 0 amide bonds. The molecule has 0 fully saturated rings. The van der Waals surface area contributed by atoms with Gasteiger partial charge in [0, 0.05) is 35.0 Å². The first-order valence-electron chi connectivity index (χ1n) is 8.96. The highest BCUT2D eigenvalue weighted by Gasteiger charge is 2.20. The zero-order valence-electron chi connectivity index (χ0n) is 15.7. The summed E-state index contributed by atoms with van der Waals surface area (Å²) in [5, 5.41) is 3.05. The number of rotatable bonds is 3. The Hall–Kier alpha value is -3.48. The van der Waals surface area contributed by atoms with Crippen LogP contribution in [0.3, 0.4) is 0 Å². The van der Waals surface area contributed by atoms with Crippen molar-refractivity contribution in [1.82, 2.24) is 9.55 Å². The number of nitrogens with zero attached hydrogens (tertiary/aromatic N) is 2. The molecule has 2 aromatic carbocycles. The van der Waals surface area contributed by atoms with E-state index in [0.717, 1.165) is 27.2 Å². The molecule has 28 heavy (non-hydrogen) atoms. The van der Waals surface area contributed by atoms with Crippen LogP contribution in [0.5, 0.6) is 23.0 Å². The van der Waals surface area contributed by atoms with Gasteiger partial charge >= 0.3 is 0 Å². The molecule has 2 aromatic heterocycles. The summed E-state index contributed by atoms with van der Waals surface area (Å²) in [5.74, 6) is 2.41. The standard InChI is InChI=1S/C21H18N2O5/c1-4-23-20-13-7-18-19(28-10-27-18)8-15(13)22-9-14(20)11-5-16(25-2)17(26-3)6-12(11)21(23)24/h5-9H,4,10H2,1-3H3. The summed E-state index contributed by atoms with van der Waals surface area (Å²) in [5.41, 5.74) is 1.48. The van der Waals surface area contributed by atoms with Crippen molar-refractivity contribution in [3.05, 3.63) is 40.8 Å². The Morgan fingerprint density at radius 1 is 0.964 bits per heavy atom. The first-order chi connectivity index (χ1) is 13.7. The number of methoxy groups -OCH3 is 2. The molecular formula is C21H18N2O5. The summed E-state index contributed by atoms with van der Waals surface area (Å²) in [7, 11) is 3.13. The van der Waals surface area contributed by atoms with Crippen LogP contribution in [-0.4, -0.2) is 30.6 Å². The molecule has 3 heterocycles. The summed E-state index contributed by atoms with van der Waals surface area (Å²) < 4.78 is 23.6. The average Bonchev–Trinajstić information content (AvgIpc) is 3.18. The number of benzene rings is 2. The lowest BCUT2D eigenvalue weighted by Crippen LogP contribution is -2.20. The van der Waals surface area contributed by atoms with E-state index in [1.54, 1.807) is 31.0 Å². The van der Waals surface area contributed by atoms with Crippen LogP contribution in [0.25, 0.3) is 32.6 Å². The number of fused-ring (bicyclic) bond motifs is 6. The van der Waals surface area contributed by atoms with Crippen molar-refractivity contribution in [3.63, 3.8) is 0 Å². The fourth-order valence-corrected chi connectivity index (χ4v) is 3.88. The van der Waals surface area contributed by atoms with Gasteiger partial charge in [0.15, 0.2) is 23.0 Å². The van der Waals surface area contributed by atoms with E-state index in [0.29, 0.717) is 34.9 Å². The quantitative estimate of drug-likeness (QED) is 0.509. The van der Waals surface area contributed by atoms with Gasteiger partial charge in [0.25, 0.3) is 5.56 Å². The molecule has 1 aliphatic heterocycles. The Bertz CT molecular complexity index is 1330. The molecule has 0 spiro atoms. The van der Waals surface area contributed by atoms with E-state index in [1.807, 2.05) is 25.1 Å². The third-order valence-corrected chi connectivity index (χ3v) is 5.21. The highest BCUT2D eigenvalue weighted by atomic mass is 16.7. The minimum absolute atomic E-state index is 0.0869. The Kier molecular flexibility index (Phi) is 3.58. The summed E-state index contributed by atoms with van der Waals surface area (Å²) in [4.78, 5) is 17.9. The van der Waals surface area contributed by atoms with Crippen LogP contribution in [0.15, 0.2) is 35.3 Å². The van der Waals surface area contributed by atoms with E-state index in [4.69, 9.17) is 18.9 Å². The van der Waals surface area contributed by atoms with Crippen LogP contribution in [0, 0.1) is 0 Å². The van der Waals surface area contributed by atoms with Gasteiger partial charge < -0.3 is 23.5 Å². The van der Waals surface area contributed by atoms with E-state index >= 15 is 0 Å². The minimum Gasteiger partial charge on any atom is -0.493 e. The van der Waals surface area contributed by atoms with Crippen molar-refractivity contribution >= 4 is 32.6 Å². The predicted octanol–water partition coefficient (Wildman–Crippen LogP) is 3.47. The zero-order valence-corrected chi connectivity index (χ0v) is 15.7. The highest BCUT2D eigenvalue weighted by molar-refractivity contribution is 6.15. The summed E-state index contributed by atoms with van der Waals surface area (Å²) in [6.07, 6.45) is 1.79. The van der Waals surface area contributed by atoms with Crippen LogP contribution < -0.4 is 24.5 Å². The molecule has 1 aliphatic rings. The first kappa shape index (κ1) is 16.7. The van der Waals surface area contributed by atoms with Gasteiger partial charge in [0.2, 0.25) is 6.79 Å². The summed E-state index contributed by atoms with van der Waals surface area (Å²) >= 11 is 0. The lowest BCUT2D eigenvalue weighted by Gasteiger charge is -2.16. The Morgan fingerprint density at radius 3 is 2.32 bits per heavy atom. The molecule has 0 bridgehead atoms. The van der Waals surface area contributed by atoms with Gasteiger partial charge in [-0.1, -0.05) is 0 Å². The van der Waals surface area contributed by atoms with Crippen molar-refractivity contribution in [2.24, 2.45) is 0 Å².